The number of carbonyl (C=O) groups is 2. The second kappa shape index (κ2) is 7.48. The number of fused-ring (bicyclic) bond motifs is 1. The first-order valence-electron chi connectivity index (χ1n) is 7.90. The lowest BCUT2D eigenvalue weighted by Gasteiger charge is -2.07. The van der Waals surface area contributed by atoms with E-state index in [-0.39, 0.29) is 12.5 Å². The zero-order valence-corrected chi connectivity index (χ0v) is 13.7. The van der Waals surface area contributed by atoms with Gasteiger partial charge in [0.1, 0.15) is 5.65 Å². The fraction of sp³-hybridized carbons (Fsp3) is 0.167. The Balaban J connectivity index is 1.63. The number of nitrogens with one attached hydrogen (secondary N) is 2. The SMILES string of the molecule is CCOC(=O)Nc1cccc(C(=O)NCc2cn3ccccc3n2)c1. The molecule has 1 aromatic carbocycles. The molecule has 128 valence electrons. The lowest BCUT2D eigenvalue weighted by atomic mass is 10.2. The van der Waals surface area contributed by atoms with E-state index in [4.69, 9.17) is 4.74 Å². The quantitative estimate of drug-likeness (QED) is 0.749. The van der Waals surface area contributed by atoms with Gasteiger partial charge >= 0.3 is 6.09 Å². The Hall–Kier alpha value is -3.35. The summed E-state index contributed by atoms with van der Waals surface area (Å²) >= 11 is 0. The molecule has 0 aliphatic carbocycles. The lowest BCUT2D eigenvalue weighted by Crippen LogP contribution is -2.23. The summed E-state index contributed by atoms with van der Waals surface area (Å²) in [5, 5.41) is 5.40. The molecule has 2 amide bonds. The van der Waals surface area contributed by atoms with E-state index < -0.39 is 6.09 Å². The number of benzene rings is 1. The largest absolute Gasteiger partial charge is 0.450 e. The number of amides is 2. The van der Waals surface area contributed by atoms with Crippen LogP contribution in [0, 0.1) is 0 Å². The molecule has 3 rings (SSSR count). The minimum Gasteiger partial charge on any atom is -0.450 e. The molecular formula is C18H18N4O3. The average Bonchev–Trinajstić information content (AvgIpc) is 3.03. The monoisotopic (exact) mass is 338 g/mol. The maximum atomic E-state index is 12.3. The molecule has 0 aliphatic rings. The molecule has 0 spiro atoms. The van der Waals surface area contributed by atoms with E-state index in [1.54, 1.807) is 31.2 Å². The number of anilines is 1. The summed E-state index contributed by atoms with van der Waals surface area (Å²) in [5.74, 6) is -0.246. The maximum Gasteiger partial charge on any atom is 0.411 e. The van der Waals surface area contributed by atoms with Crippen molar-refractivity contribution < 1.29 is 14.3 Å². The molecule has 0 unspecified atom stereocenters. The average molecular weight is 338 g/mol. The van der Waals surface area contributed by atoms with E-state index in [1.165, 1.54) is 0 Å². The van der Waals surface area contributed by atoms with E-state index in [2.05, 4.69) is 15.6 Å². The molecule has 0 fully saturated rings. The van der Waals surface area contributed by atoms with Gasteiger partial charge in [0.15, 0.2) is 0 Å². The minimum atomic E-state index is -0.551. The van der Waals surface area contributed by atoms with Crippen molar-refractivity contribution in [3.63, 3.8) is 0 Å². The van der Waals surface area contributed by atoms with Crippen LogP contribution in [0.1, 0.15) is 23.0 Å². The first-order valence-corrected chi connectivity index (χ1v) is 7.90. The van der Waals surface area contributed by atoms with Crippen molar-refractivity contribution in [2.24, 2.45) is 0 Å². The van der Waals surface area contributed by atoms with Crippen LogP contribution >= 0.6 is 0 Å². The molecule has 2 N–H and O–H groups in total. The minimum absolute atomic E-state index is 0.246. The molecule has 25 heavy (non-hydrogen) atoms. The van der Waals surface area contributed by atoms with Gasteiger partial charge in [0.25, 0.3) is 5.91 Å². The van der Waals surface area contributed by atoms with Gasteiger partial charge < -0.3 is 14.5 Å². The van der Waals surface area contributed by atoms with E-state index >= 15 is 0 Å². The van der Waals surface area contributed by atoms with Gasteiger partial charge in [-0.3, -0.25) is 10.1 Å². The van der Waals surface area contributed by atoms with Gasteiger partial charge in [0.2, 0.25) is 0 Å². The fourth-order valence-corrected chi connectivity index (χ4v) is 2.37. The predicted molar refractivity (Wildman–Crippen MR) is 93.4 cm³/mol. The number of hydrogen-bond donors (Lipinski definition) is 2. The summed E-state index contributed by atoms with van der Waals surface area (Å²) in [6, 6.07) is 12.4. The molecule has 7 nitrogen and oxygen atoms in total. The second-order valence-electron chi connectivity index (χ2n) is 5.31. The topological polar surface area (TPSA) is 84.7 Å². The lowest BCUT2D eigenvalue weighted by molar-refractivity contribution is 0.0950. The van der Waals surface area contributed by atoms with E-state index in [1.807, 2.05) is 35.0 Å². The Labute approximate surface area is 144 Å². The number of carbonyl (C=O) groups excluding carboxylic acids is 2. The second-order valence-corrected chi connectivity index (χ2v) is 5.31. The van der Waals surface area contributed by atoms with Crippen molar-refractivity contribution in [1.29, 1.82) is 0 Å². The summed E-state index contributed by atoms with van der Waals surface area (Å²) in [4.78, 5) is 28.2. The third kappa shape index (κ3) is 4.14. The number of nitrogens with zero attached hydrogens (tertiary/aromatic N) is 2. The summed E-state index contributed by atoms with van der Waals surface area (Å²) < 4.78 is 6.71. The first kappa shape index (κ1) is 16.5. The van der Waals surface area contributed by atoms with Crippen molar-refractivity contribution in [1.82, 2.24) is 14.7 Å². The Morgan fingerprint density at radius 1 is 1.20 bits per heavy atom. The number of aromatic nitrogens is 2. The molecule has 7 heteroatoms. The van der Waals surface area contributed by atoms with Gasteiger partial charge in [-0.05, 0) is 37.3 Å². The zero-order valence-electron chi connectivity index (χ0n) is 13.7. The van der Waals surface area contributed by atoms with Gasteiger partial charge in [0, 0.05) is 23.6 Å². The van der Waals surface area contributed by atoms with E-state index in [0.717, 1.165) is 11.3 Å². The number of pyridine rings is 1. The van der Waals surface area contributed by atoms with Crippen LogP contribution < -0.4 is 10.6 Å². The molecule has 2 aromatic heterocycles. The highest BCUT2D eigenvalue weighted by Crippen LogP contribution is 2.11. The van der Waals surface area contributed by atoms with Crippen LogP contribution in [0.4, 0.5) is 10.5 Å². The summed E-state index contributed by atoms with van der Waals surface area (Å²) in [7, 11) is 0. The predicted octanol–water partition coefficient (Wildman–Crippen LogP) is 2.83. The number of hydrogen-bond acceptors (Lipinski definition) is 4. The number of imidazole rings is 1. The van der Waals surface area contributed by atoms with Crippen LogP contribution in [-0.4, -0.2) is 28.0 Å². The summed E-state index contributed by atoms with van der Waals surface area (Å²) in [6.45, 7) is 2.32. The third-order valence-corrected chi connectivity index (χ3v) is 3.49. The maximum absolute atomic E-state index is 12.3. The molecule has 0 atom stereocenters. The summed E-state index contributed by atoms with van der Waals surface area (Å²) in [5.41, 5.74) is 2.53. The molecule has 2 heterocycles. The standard InChI is InChI=1S/C18H18N4O3/c1-2-25-18(24)21-14-7-5-6-13(10-14)17(23)19-11-15-12-22-9-4-3-8-16(22)20-15/h3-10,12H,2,11H2,1H3,(H,19,23)(H,21,24). The Morgan fingerprint density at radius 2 is 2.08 bits per heavy atom. The highest BCUT2D eigenvalue weighted by molar-refractivity contribution is 5.96. The Morgan fingerprint density at radius 3 is 2.88 bits per heavy atom. The number of rotatable bonds is 5. The molecule has 0 saturated carbocycles. The van der Waals surface area contributed by atoms with Crippen LogP contribution in [0.2, 0.25) is 0 Å². The first-order chi connectivity index (χ1) is 12.2. The highest BCUT2D eigenvalue weighted by atomic mass is 16.5. The van der Waals surface area contributed by atoms with Crippen LogP contribution in [0.5, 0.6) is 0 Å². The van der Waals surface area contributed by atoms with Crippen molar-refractivity contribution in [3.05, 3.63) is 66.1 Å². The molecule has 0 radical (unpaired) electrons. The van der Waals surface area contributed by atoms with Gasteiger partial charge in [-0.2, -0.15) is 0 Å². The molecule has 0 bridgehead atoms. The van der Waals surface area contributed by atoms with Crippen LogP contribution in [0.15, 0.2) is 54.9 Å². The smallest absolute Gasteiger partial charge is 0.411 e. The van der Waals surface area contributed by atoms with Crippen molar-refractivity contribution in [2.45, 2.75) is 13.5 Å². The van der Waals surface area contributed by atoms with Gasteiger partial charge in [-0.15, -0.1) is 0 Å². The van der Waals surface area contributed by atoms with Gasteiger partial charge in [-0.25, -0.2) is 9.78 Å². The zero-order chi connectivity index (χ0) is 17.6. The Bertz CT molecular complexity index is 871. The normalized spacial score (nSPS) is 10.4. The Kier molecular flexibility index (Phi) is 4.94. The highest BCUT2D eigenvalue weighted by Gasteiger charge is 2.09. The molecular weight excluding hydrogens is 320 g/mol. The fourth-order valence-electron chi connectivity index (χ4n) is 2.37. The molecule has 0 saturated heterocycles. The summed E-state index contributed by atoms with van der Waals surface area (Å²) in [6.07, 6.45) is 3.22. The van der Waals surface area contributed by atoms with Crippen molar-refractivity contribution in [2.75, 3.05) is 11.9 Å². The van der Waals surface area contributed by atoms with Crippen LogP contribution in [0.3, 0.4) is 0 Å². The third-order valence-electron chi connectivity index (χ3n) is 3.49. The number of ether oxygens (including phenoxy) is 1. The van der Waals surface area contributed by atoms with Crippen molar-refractivity contribution >= 4 is 23.3 Å². The van der Waals surface area contributed by atoms with E-state index in [0.29, 0.717) is 17.8 Å². The molecule has 3 aromatic rings. The molecule has 0 aliphatic heterocycles. The van der Waals surface area contributed by atoms with Gasteiger partial charge in [0.05, 0.1) is 18.8 Å². The van der Waals surface area contributed by atoms with Crippen molar-refractivity contribution in [3.8, 4) is 0 Å². The van der Waals surface area contributed by atoms with Crippen LogP contribution in [-0.2, 0) is 11.3 Å². The van der Waals surface area contributed by atoms with Crippen LogP contribution in [0.25, 0.3) is 5.65 Å². The van der Waals surface area contributed by atoms with Gasteiger partial charge in [-0.1, -0.05) is 12.1 Å². The van der Waals surface area contributed by atoms with E-state index in [9.17, 15) is 9.59 Å².